The van der Waals surface area contributed by atoms with E-state index < -0.39 is 18.0 Å². The fraction of sp³-hybridized carbons (Fsp3) is 0.211. The molecule has 2 aromatic carbocycles. The van der Waals surface area contributed by atoms with E-state index in [1.54, 1.807) is 43.5 Å². The standard InChI is InChI=1S/C19H18O4/c1-13-3-8-15(9-4-13)18(19(21)22)17(20)12-7-14-5-10-16(23-2)11-6-14/h3-6,8-11,17-18,20H,1-2H3,(H,21,22)/t17-,18-/m1/s1. The van der Waals surface area contributed by atoms with Crippen molar-refractivity contribution in [3.63, 3.8) is 0 Å². The molecule has 4 heteroatoms. The number of carboxylic acids is 1. The monoisotopic (exact) mass is 310 g/mol. The molecule has 2 atom stereocenters. The van der Waals surface area contributed by atoms with Crippen LogP contribution in [0.1, 0.15) is 22.6 Å². The van der Waals surface area contributed by atoms with Crippen molar-refractivity contribution in [1.82, 2.24) is 0 Å². The fourth-order valence-electron chi connectivity index (χ4n) is 2.15. The molecule has 0 saturated heterocycles. The zero-order valence-corrected chi connectivity index (χ0v) is 13.0. The summed E-state index contributed by atoms with van der Waals surface area (Å²) in [5, 5.41) is 19.6. The Morgan fingerprint density at radius 1 is 1.09 bits per heavy atom. The lowest BCUT2D eigenvalue weighted by atomic mass is 9.93. The predicted molar refractivity (Wildman–Crippen MR) is 87.4 cm³/mol. The van der Waals surface area contributed by atoms with E-state index in [-0.39, 0.29) is 0 Å². The number of carboxylic acid groups (broad SMARTS) is 1. The first-order chi connectivity index (χ1) is 11.0. The summed E-state index contributed by atoms with van der Waals surface area (Å²) >= 11 is 0. The van der Waals surface area contributed by atoms with Crippen LogP contribution in [0.5, 0.6) is 5.75 Å². The van der Waals surface area contributed by atoms with Crippen LogP contribution in [0.2, 0.25) is 0 Å². The lowest BCUT2D eigenvalue weighted by molar-refractivity contribution is -0.140. The van der Waals surface area contributed by atoms with Crippen LogP contribution in [-0.2, 0) is 4.79 Å². The summed E-state index contributed by atoms with van der Waals surface area (Å²) in [6, 6.07) is 14.0. The smallest absolute Gasteiger partial charge is 0.314 e. The van der Waals surface area contributed by atoms with Gasteiger partial charge in [-0.25, -0.2) is 0 Å². The summed E-state index contributed by atoms with van der Waals surface area (Å²) < 4.78 is 5.06. The number of rotatable bonds is 4. The maximum atomic E-state index is 11.5. The van der Waals surface area contributed by atoms with E-state index in [1.165, 1.54) is 0 Å². The van der Waals surface area contributed by atoms with Crippen molar-refractivity contribution in [2.45, 2.75) is 18.9 Å². The molecule has 0 spiro atoms. The lowest BCUT2D eigenvalue weighted by Crippen LogP contribution is -2.24. The molecule has 0 aromatic heterocycles. The van der Waals surface area contributed by atoms with Crippen molar-refractivity contribution in [3.8, 4) is 17.6 Å². The molecule has 23 heavy (non-hydrogen) atoms. The number of carbonyl (C=O) groups is 1. The second kappa shape index (κ2) is 7.48. The molecule has 0 saturated carbocycles. The first-order valence-corrected chi connectivity index (χ1v) is 7.14. The molecule has 2 rings (SSSR count). The molecule has 0 aliphatic carbocycles. The third-order valence-electron chi connectivity index (χ3n) is 3.47. The first kappa shape index (κ1) is 16.6. The van der Waals surface area contributed by atoms with Crippen molar-refractivity contribution >= 4 is 5.97 Å². The topological polar surface area (TPSA) is 66.8 Å². The Labute approximate surface area is 135 Å². The van der Waals surface area contributed by atoms with Gasteiger partial charge in [0, 0.05) is 5.56 Å². The lowest BCUT2D eigenvalue weighted by Gasteiger charge is -2.15. The van der Waals surface area contributed by atoms with Crippen LogP contribution >= 0.6 is 0 Å². The number of aliphatic hydroxyl groups is 1. The SMILES string of the molecule is COc1ccc(C#C[C@@H](O)[C@H](C(=O)O)c2ccc(C)cc2)cc1. The summed E-state index contributed by atoms with van der Waals surface area (Å²) in [7, 11) is 1.57. The average molecular weight is 310 g/mol. The minimum Gasteiger partial charge on any atom is -0.497 e. The predicted octanol–water partition coefficient (Wildman–Crippen LogP) is 2.58. The average Bonchev–Trinajstić information content (AvgIpc) is 2.55. The highest BCUT2D eigenvalue weighted by molar-refractivity contribution is 5.77. The van der Waals surface area contributed by atoms with E-state index in [4.69, 9.17) is 4.74 Å². The molecule has 2 aromatic rings. The highest BCUT2D eigenvalue weighted by atomic mass is 16.5. The van der Waals surface area contributed by atoms with Gasteiger partial charge in [-0.15, -0.1) is 0 Å². The van der Waals surface area contributed by atoms with Crippen molar-refractivity contribution in [3.05, 3.63) is 65.2 Å². The normalized spacial score (nSPS) is 12.7. The van der Waals surface area contributed by atoms with Gasteiger partial charge >= 0.3 is 5.97 Å². The van der Waals surface area contributed by atoms with Crippen LogP contribution in [0.15, 0.2) is 48.5 Å². The molecule has 0 amide bonds. The molecular formula is C19H18O4. The summed E-state index contributed by atoms with van der Waals surface area (Å²) in [5.74, 6) is 3.93. The maximum Gasteiger partial charge on any atom is 0.314 e. The van der Waals surface area contributed by atoms with E-state index in [1.807, 2.05) is 19.1 Å². The van der Waals surface area contributed by atoms with Gasteiger partial charge in [0.2, 0.25) is 0 Å². The number of hydrogen-bond donors (Lipinski definition) is 2. The number of hydrogen-bond acceptors (Lipinski definition) is 3. The van der Waals surface area contributed by atoms with Gasteiger partial charge in [0.25, 0.3) is 0 Å². The van der Waals surface area contributed by atoms with Gasteiger partial charge in [0.05, 0.1) is 7.11 Å². The number of methoxy groups -OCH3 is 1. The van der Waals surface area contributed by atoms with Gasteiger partial charge in [0.15, 0.2) is 0 Å². The Morgan fingerprint density at radius 2 is 1.70 bits per heavy atom. The second-order valence-corrected chi connectivity index (χ2v) is 5.17. The zero-order chi connectivity index (χ0) is 16.8. The van der Waals surface area contributed by atoms with Crippen LogP contribution in [0.4, 0.5) is 0 Å². The Bertz CT molecular complexity index is 721. The quantitative estimate of drug-likeness (QED) is 0.852. The van der Waals surface area contributed by atoms with Gasteiger partial charge in [-0.2, -0.15) is 0 Å². The summed E-state index contributed by atoms with van der Waals surface area (Å²) in [4.78, 5) is 11.5. The third-order valence-corrected chi connectivity index (χ3v) is 3.47. The van der Waals surface area contributed by atoms with Crippen LogP contribution in [0, 0.1) is 18.8 Å². The molecule has 0 bridgehead atoms. The van der Waals surface area contributed by atoms with Crippen LogP contribution in [0.25, 0.3) is 0 Å². The van der Waals surface area contributed by atoms with Crippen molar-refractivity contribution < 1.29 is 19.7 Å². The van der Waals surface area contributed by atoms with Gasteiger partial charge in [-0.3, -0.25) is 4.79 Å². The molecule has 4 nitrogen and oxygen atoms in total. The van der Waals surface area contributed by atoms with Crippen molar-refractivity contribution in [1.29, 1.82) is 0 Å². The number of aryl methyl sites for hydroxylation is 1. The highest BCUT2D eigenvalue weighted by Crippen LogP contribution is 2.21. The molecule has 0 fully saturated rings. The van der Waals surface area contributed by atoms with Crippen LogP contribution in [0.3, 0.4) is 0 Å². The second-order valence-electron chi connectivity index (χ2n) is 5.17. The van der Waals surface area contributed by atoms with Gasteiger partial charge in [0.1, 0.15) is 17.8 Å². The molecule has 0 aliphatic heterocycles. The largest absolute Gasteiger partial charge is 0.497 e. The van der Waals surface area contributed by atoms with Gasteiger partial charge in [-0.05, 0) is 36.8 Å². The Kier molecular flexibility index (Phi) is 5.40. The van der Waals surface area contributed by atoms with Crippen LogP contribution in [-0.4, -0.2) is 29.4 Å². The molecular weight excluding hydrogens is 292 g/mol. The summed E-state index contributed by atoms with van der Waals surface area (Å²) in [6.07, 6.45) is -1.29. The molecule has 0 heterocycles. The molecule has 0 radical (unpaired) electrons. The van der Waals surface area contributed by atoms with E-state index in [0.717, 1.165) is 5.56 Å². The van der Waals surface area contributed by atoms with Crippen molar-refractivity contribution in [2.24, 2.45) is 0 Å². The Hall–Kier alpha value is -2.77. The minimum atomic E-state index is -1.29. The Morgan fingerprint density at radius 3 is 2.22 bits per heavy atom. The first-order valence-electron chi connectivity index (χ1n) is 7.14. The maximum absolute atomic E-state index is 11.5. The fourth-order valence-corrected chi connectivity index (χ4v) is 2.15. The van der Waals surface area contributed by atoms with Gasteiger partial charge < -0.3 is 14.9 Å². The number of aliphatic carboxylic acids is 1. The number of ether oxygens (including phenoxy) is 1. The zero-order valence-electron chi connectivity index (χ0n) is 13.0. The highest BCUT2D eigenvalue weighted by Gasteiger charge is 2.27. The minimum absolute atomic E-state index is 0.527. The van der Waals surface area contributed by atoms with Gasteiger partial charge in [-0.1, -0.05) is 41.7 Å². The summed E-state index contributed by atoms with van der Waals surface area (Å²) in [6.45, 7) is 1.92. The van der Waals surface area contributed by atoms with E-state index in [0.29, 0.717) is 16.9 Å². The molecule has 2 N–H and O–H groups in total. The number of benzene rings is 2. The van der Waals surface area contributed by atoms with E-state index in [9.17, 15) is 15.0 Å². The number of aliphatic hydroxyl groups excluding tert-OH is 1. The molecule has 118 valence electrons. The summed E-state index contributed by atoms with van der Waals surface area (Å²) in [5.41, 5.74) is 2.23. The Balaban J connectivity index is 2.21. The molecule has 0 aliphatic rings. The van der Waals surface area contributed by atoms with E-state index >= 15 is 0 Å². The van der Waals surface area contributed by atoms with Crippen molar-refractivity contribution in [2.75, 3.05) is 7.11 Å². The van der Waals surface area contributed by atoms with E-state index in [2.05, 4.69) is 11.8 Å². The van der Waals surface area contributed by atoms with Crippen LogP contribution < -0.4 is 4.74 Å². The third kappa shape index (κ3) is 4.35. The molecule has 0 unspecified atom stereocenters.